The molecule has 1 aliphatic carbocycles. The van der Waals surface area contributed by atoms with E-state index in [4.69, 9.17) is 5.26 Å². The molecule has 0 radical (unpaired) electrons. The van der Waals surface area contributed by atoms with Crippen LogP contribution in [-0.4, -0.2) is 30.3 Å². The Morgan fingerprint density at radius 3 is 2.71 bits per heavy atom. The van der Waals surface area contributed by atoms with Crippen LogP contribution in [0.5, 0.6) is 5.75 Å². The molecule has 1 saturated carbocycles. The molecule has 0 aromatic heterocycles. The lowest BCUT2D eigenvalue weighted by atomic mass is 10.1. The Labute approximate surface area is 138 Å². The maximum absolute atomic E-state index is 12.5. The van der Waals surface area contributed by atoms with Crippen molar-refractivity contribution in [2.75, 3.05) is 13.1 Å². The van der Waals surface area contributed by atoms with Gasteiger partial charge in [-0.25, -0.2) is 0 Å². The van der Waals surface area contributed by atoms with Crippen molar-refractivity contribution in [2.45, 2.75) is 32.5 Å². The van der Waals surface area contributed by atoms with Crippen molar-refractivity contribution in [1.29, 1.82) is 5.26 Å². The Hall–Kier alpha value is -2.23. The maximum Gasteiger partial charge on any atom is 0.573 e. The standard InChI is InChI=1S/C17H19F3N2O2/c1-3-22(10-11(2)9-21)16(23)14-8-13(14)12-6-4-5-7-15(12)24-17(18,19)20/h4-7,11,13-14H,3,8,10H2,1-2H3/t11-,13-,14+/m1/s1. The van der Waals surface area contributed by atoms with Gasteiger partial charge in [0, 0.05) is 19.0 Å². The van der Waals surface area contributed by atoms with Crippen LogP contribution in [-0.2, 0) is 4.79 Å². The fourth-order valence-electron chi connectivity index (χ4n) is 2.80. The van der Waals surface area contributed by atoms with Gasteiger partial charge >= 0.3 is 6.36 Å². The van der Waals surface area contributed by atoms with Gasteiger partial charge in [0.25, 0.3) is 0 Å². The molecule has 0 bridgehead atoms. The number of nitriles is 1. The minimum Gasteiger partial charge on any atom is -0.405 e. The van der Waals surface area contributed by atoms with Gasteiger partial charge < -0.3 is 9.64 Å². The van der Waals surface area contributed by atoms with Crippen LogP contribution in [0.4, 0.5) is 13.2 Å². The molecule has 0 saturated heterocycles. The van der Waals surface area contributed by atoms with Gasteiger partial charge in [0.05, 0.1) is 12.0 Å². The summed E-state index contributed by atoms with van der Waals surface area (Å²) in [7, 11) is 0. The average molecular weight is 340 g/mol. The van der Waals surface area contributed by atoms with E-state index in [2.05, 4.69) is 10.8 Å². The van der Waals surface area contributed by atoms with E-state index in [0.29, 0.717) is 25.1 Å². The minimum absolute atomic E-state index is 0.119. The molecule has 0 aliphatic heterocycles. The van der Waals surface area contributed by atoms with E-state index in [1.165, 1.54) is 12.1 Å². The second kappa shape index (κ2) is 7.12. The van der Waals surface area contributed by atoms with Gasteiger partial charge in [-0.15, -0.1) is 13.2 Å². The monoisotopic (exact) mass is 340 g/mol. The third-order valence-electron chi connectivity index (χ3n) is 4.06. The summed E-state index contributed by atoms with van der Waals surface area (Å²) in [6.07, 6.45) is -4.27. The Bertz CT molecular complexity index is 639. The summed E-state index contributed by atoms with van der Waals surface area (Å²) < 4.78 is 41.6. The molecule has 1 aromatic carbocycles. The number of para-hydroxylation sites is 1. The van der Waals surface area contributed by atoms with Crippen molar-refractivity contribution in [3.63, 3.8) is 0 Å². The first-order chi connectivity index (χ1) is 11.3. The van der Waals surface area contributed by atoms with E-state index < -0.39 is 6.36 Å². The number of benzene rings is 1. The summed E-state index contributed by atoms with van der Waals surface area (Å²) in [4.78, 5) is 14.1. The van der Waals surface area contributed by atoms with Crippen molar-refractivity contribution in [3.8, 4) is 11.8 Å². The third-order valence-corrected chi connectivity index (χ3v) is 4.06. The smallest absolute Gasteiger partial charge is 0.405 e. The zero-order valence-electron chi connectivity index (χ0n) is 13.5. The Balaban J connectivity index is 2.10. The minimum atomic E-state index is -4.76. The van der Waals surface area contributed by atoms with Crippen LogP contribution in [0, 0.1) is 23.2 Å². The molecule has 0 N–H and O–H groups in total. The second-order valence-corrected chi connectivity index (χ2v) is 5.94. The first kappa shape index (κ1) is 18.1. The second-order valence-electron chi connectivity index (χ2n) is 5.94. The predicted molar refractivity (Wildman–Crippen MR) is 81.0 cm³/mol. The quantitative estimate of drug-likeness (QED) is 0.793. The average Bonchev–Trinajstić information content (AvgIpc) is 3.31. The fraction of sp³-hybridized carbons (Fsp3) is 0.529. The highest BCUT2D eigenvalue weighted by atomic mass is 19.4. The summed E-state index contributed by atoms with van der Waals surface area (Å²) in [6.45, 7) is 4.34. The van der Waals surface area contributed by atoms with Crippen LogP contribution in [0.1, 0.15) is 31.7 Å². The van der Waals surface area contributed by atoms with Gasteiger partial charge in [-0.05, 0) is 37.8 Å². The van der Waals surface area contributed by atoms with E-state index in [1.807, 2.05) is 6.92 Å². The van der Waals surface area contributed by atoms with Crippen molar-refractivity contribution in [1.82, 2.24) is 4.90 Å². The summed E-state index contributed by atoms with van der Waals surface area (Å²) in [5, 5.41) is 8.88. The summed E-state index contributed by atoms with van der Waals surface area (Å²) >= 11 is 0. The van der Waals surface area contributed by atoms with Crippen LogP contribution in [0.2, 0.25) is 0 Å². The molecule has 1 aromatic rings. The lowest BCUT2D eigenvalue weighted by molar-refractivity contribution is -0.274. The maximum atomic E-state index is 12.5. The van der Waals surface area contributed by atoms with E-state index in [1.54, 1.807) is 24.0 Å². The van der Waals surface area contributed by atoms with Crippen LogP contribution >= 0.6 is 0 Å². The van der Waals surface area contributed by atoms with E-state index in [-0.39, 0.29) is 29.4 Å². The van der Waals surface area contributed by atoms with E-state index in [0.717, 1.165) is 0 Å². The molecule has 1 fully saturated rings. The number of hydrogen-bond acceptors (Lipinski definition) is 3. The zero-order chi connectivity index (χ0) is 17.9. The summed E-state index contributed by atoms with van der Waals surface area (Å²) in [5.41, 5.74) is 0.401. The van der Waals surface area contributed by atoms with Crippen molar-refractivity contribution < 1.29 is 22.7 Å². The highest BCUT2D eigenvalue weighted by Gasteiger charge is 2.47. The molecule has 130 valence electrons. The van der Waals surface area contributed by atoms with Gasteiger partial charge in [-0.3, -0.25) is 4.79 Å². The lowest BCUT2D eigenvalue weighted by Gasteiger charge is -2.22. The van der Waals surface area contributed by atoms with Gasteiger partial charge in [-0.2, -0.15) is 5.26 Å². The van der Waals surface area contributed by atoms with Crippen LogP contribution in [0.15, 0.2) is 24.3 Å². The number of nitrogens with zero attached hydrogens (tertiary/aromatic N) is 2. The number of carbonyl (C=O) groups excluding carboxylic acids is 1. The highest BCUT2D eigenvalue weighted by Crippen LogP contribution is 2.51. The number of alkyl halides is 3. The molecule has 24 heavy (non-hydrogen) atoms. The fourth-order valence-corrected chi connectivity index (χ4v) is 2.80. The normalized spacial score (nSPS) is 20.8. The van der Waals surface area contributed by atoms with Crippen LogP contribution < -0.4 is 4.74 Å². The number of carbonyl (C=O) groups is 1. The van der Waals surface area contributed by atoms with E-state index in [9.17, 15) is 18.0 Å². The topological polar surface area (TPSA) is 53.3 Å². The number of halogens is 3. The van der Waals surface area contributed by atoms with Crippen molar-refractivity contribution in [3.05, 3.63) is 29.8 Å². The molecule has 3 atom stereocenters. The molecule has 1 amide bonds. The summed E-state index contributed by atoms with van der Waals surface area (Å²) in [6, 6.07) is 8.01. The molecule has 0 unspecified atom stereocenters. The van der Waals surface area contributed by atoms with Crippen LogP contribution in [0.25, 0.3) is 0 Å². The zero-order valence-corrected chi connectivity index (χ0v) is 13.5. The molecular weight excluding hydrogens is 321 g/mol. The van der Waals surface area contributed by atoms with Gasteiger partial charge in [0.15, 0.2) is 0 Å². The Kier molecular flexibility index (Phi) is 5.37. The number of rotatable bonds is 6. The van der Waals surface area contributed by atoms with E-state index >= 15 is 0 Å². The van der Waals surface area contributed by atoms with Crippen molar-refractivity contribution in [2.24, 2.45) is 11.8 Å². The molecule has 2 rings (SSSR count). The number of ether oxygens (including phenoxy) is 1. The van der Waals surface area contributed by atoms with Crippen LogP contribution in [0.3, 0.4) is 0 Å². The largest absolute Gasteiger partial charge is 0.573 e. The van der Waals surface area contributed by atoms with Gasteiger partial charge in [0.1, 0.15) is 5.75 Å². The highest BCUT2D eigenvalue weighted by molar-refractivity contribution is 5.83. The number of amides is 1. The van der Waals surface area contributed by atoms with Crippen molar-refractivity contribution >= 4 is 5.91 Å². The summed E-state index contributed by atoms with van der Waals surface area (Å²) in [5.74, 6) is -1.28. The molecule has 0 spiro atoms. The molecule has 4 nitrogen and oxygen atoms in total. The predicted octanol–water partition coefficient (Wildman–Crippen LogP) is 3.70. The molecule has 0 heterocycles. The Morgan fingerprint density at radius 2 is 2.12 bits per heavy atom. The molecule has 7 heteroatoms. The molecular formula is C17H19F3N2O2. The SMILES string of the molecule is CCN(C[C@H](C)C#N)C(=O)[C@H]1C[C@@H]1c1ccccc1OC(F)(F)F. The first-order valence-corrected chi connectivity index (χ1v) is 7.79. The first-order valence-electron chi connectivity index (χ1n) is 7.79. The molecule has 1 aliphatic rings. The Morgan fingerprint density at radius 1 is 1.46 bits per heavy atom. The van der Waals surface area contributed by atoms with Gasteiger partial charge in [0.2, 0.25) is 5.91 Å². The third kappa shape index (κ3) is 4.40. The van der Waals surface area contributed by atoms with Gasteiger partial charge in [-0.1, -0.05) is 18.2 Å². The lowest BCUT2D eigenvalue weighted by Crippen LogP contribution is -2.35. The number of hydrogen-bond donors (Lipinski definition) is 0.